The van der Waals surface area contributed by atoms with Gasteiger partial charge in [-0.1, -0.05) is 12.1 Å². The van der Waals surface area contributed by atoms with Gasteiger partial charge in [0.15, 0.2) is 0 Å². The number of hydrogen-bond donors (Lipinski definition) is 3. The van der Waals surface area contributed by atoms with Crippen LogP contribution in [-0.4, -0.2) is 46.9 Å². The summed E-state index contributed by atoms with van der Waals surface area (Å²) >= 11 is 0. The fraction of sp³-hybridized carbons (Fsp3) is 0.360. The van der Waals surface area contributed by atoms with E-state index in [0.717, 1.165) is 50.0 Å². The Morgan fingerprint density at radius 3 is 2.66 bits per heavy atom. The molecule has 0 spiro atoms. The number of pyridine rings is 1. The molecular weight excluding hydrogens is 448 g/mol. The SMILES string of the molecule is COc1c(Nc2cc(NC(=O)C3CC3)ncc2C(N)=O)cccc1-c1cnn(C2CCOCC2)c1. The standard InChI is InChI=1S/C25H28N6O4/c1-34-23-18(16-12-28-31(14-16)17-7-9-35-10-8-17)3-2-4-20(23)29-21-11-22(27-13-19(21)24(26)32)30-25(33)15-5-6-15/h2-4,11-15,17H,5-10H2,1H3,(H2,26,32)(H2,27,29,30,33). The second-order valence-corrected chi connectivity index (χ2v) is 8.81. The Bertz CT molecular complexity index is 1250. The van der Waals surface area contributed by atoms with E-state index in [-0.39, 0.29) is 17.4 Å². The van der Waals surface area contributed by atoms with Crippen molar-refractivity contribution in [1.82, 2.24) is 14.8 Å². The van der Waals surface area contributed by atoms with Crippen LogP contribution < -0.4 is 21.1 Å². The van der Waals surface area contributed by atoms with Crippen LogP contribution in [-0.2, 0) is 9.53 Å². The molecule has 0 radical (unpaired) electrons. The molecule has 4 N–H and O–H groups in total. The maximum Gasteiger partial charge on any atom is 0.252 e. The lowest BCUT2D eigenvalue weighted by atomic mass is 10.1. The molecule has 0 unspecified atom stereocenters. The van der Waals surface area contributed by atoms with Crippen LogP contribution in [0.5, 0.6) is 5.75 Å². The van der Waals surface area contributed by atoms with Gasteiger partial charge in [-0.15, -0.1) is 0 Å². The monoisotopic (exact) mass is 476 g/mol. The van der Waals surface area contributed by atoms with E-state index in [1.54, 1.807) is 13.2 Å². The number of aromatic nitrogens is 3. The number of benzene rings is 1. The summed E-state index contributed by atoms with van der Waals surface area (Å²) in [6.07, 6.45) is 8.82. The molecule has 0 atom stereocenters. The number of methoxy groups -OCH3 is 1. The summed E-state index contributed by atoms with van der Waals surface area (Å²) in [5.41, 5.74) is 8.62. The zero-order valence-electron chi connectivity index (χ0n) is 19.5. The highest BCUT2D eigenvalue weighted by Gasteiger charge is 2.30. The number of nitrogens with two attached hydrogens (primary N) is 1. The lowest BCUT2D eigenvalue weighted by molar-refractivity contribution is -0.117. The van der Waals surface area contributed by atoms with Gasteiger partial charge in [0, 0.05) is 48.7 Å². The summed E-state index contributed by atoms with van der Waals surface area (Å²) in [6, 6.07) is 7.61. The Kier molecular flexibility index (Phi) is 6.37. The number of rotatable bonds is 8. The van der Waals surface area contributed by atoms with Gasteiger partial charge >= 0.3 is 0 Å². The van der Waals surface area contributed by atoms with Gasteiger partial charge in [0.2, 0.25) is 5.91 Å². The van der Waals surface area contributed by atoms with Crippen LogP contribution in [0.2, 0.25) is 0 Å². The van der Waals surface area contributed by atoms with Gasteiger partial charge in [-0.25, -0.2) is 4.98 Å². The number of amides is 2. The summed E-state index contributed by atoms with van der Waals surface area (Å²) in [7, 11) is 1.59. The van der Waals surface area contributed by atoms with Gasteiger partial charge in [-0.05, 0) is 31.7 Å². The van der Waals surface area contributed by atoms with Gasteiger partial charge in [-0.2, -0.15) is 5.10 Å². The average molecular weight is 477 g/mol. The first-order valence-corrected chi connectivity index (χ1v) is 11.7. The highest BCUT2D eigenvalue weighted by Crippen LogP contribution is 2.39. The highest BCUT2D eigenvalue weighted by molar-refractivity contribution is 6.01. The van der Waals surface area contributed by atoms with Crippen LogP contribution in [0.1, 0.15) is 42.1 Å². The molecule has 5 rings (SSSR count). The van der Waals surface area contributed by atoms with Crippen molar-refractivity contribution in [1.29, 1.82) is 0 Å². The number of hydrogen-bond acceptors (Lipinski definition) is 7. The molecule has 2 fully saturated rings. The summed E-state index contributed by atoms with van der Waals surface area (Å²) in [5, 5.41) is 10.6. The van der Waals surface area contributed by atoms with Crippen LogP contribution in [0.3, 0.4) is 0 Å². The van der Waals surface area contributed by atoms with Crippen molar-refractivity contribution >= 4 is 29.0 Å². The first-order chi connectivity index (χ1) is 17.0. The van der Waals surface area contributed by atoms with Gasteiger partial charge in [-0.3, -0.25) is 14.3 Å². The number of para-hydroxylation sites is 1. The lowest BCUT2D eigenvalue weighted by Gasteiger charge is -2.22. The Morgan fingerprint density at radius 2 is 1.94 bits per heavy atom. The lowest BCUT2D eigenvalue weighted by Crippen LogP contribution is -2.19. The predicted octanol–water partition coefficient (Wildman–Crippen LogP) is 3.50. The van der Waals surface area contributed by atoms with E-state index in [0.29, 0.717) is 29.0 Å². The number of anilines is 3. The van der Waals surface area contributed by atoms with Gasteiger partial charge in [0.05, 0.1) is 36.3 Å². The molecule has 182 valence electrons. The molecule has 3 aromatic rings. The number of primary amides is 1. The second-order valence-electron chi connectivity index (χ2n) is 8.81. The third-order valence-electron chi connectivity index (χ3n) is 6.33. The molecule has 10 heteroatoms. The summed E-state index contributed by atoms with van der Waals surface area (Å²) in [6.45, 7) is 1.47. The van der Waals surface area contributed by atoms with E-state index < -0.39 is 5.91 Å². The average Bonchev–Trinajstić information content (AvgIpc) is 3.61. The third-order valence-corrected chi connectivity index (χ3v) is 6.33. The molecule has 10 nitrogen and oxygen atoms in total. The van der Waals surface area contributed by atoms with Gasteiger partial charge < -0.3 is 25.8 Å². The van der Waals surface area contributed by atoms with Crippen LogP contribution >= 0.6 is 0 Å². The number of nitrogens with one attached hydrogen (secondary N) is 2. The molecule has 1 saturated carbocycles. The van der Waals surface area contributed by atoms with E-state index in [2.05, 4.69) is 20.7 Å². The van der Waals surface area contributed by atoms with Crippen molar-refractivity contribution in [3.05, 3.63) is 48.4 Å². The minimum atomic E-state index is -0.632. The summed E-state index contributed by atoms with van der Waals surface area (Å²) in [4.78, 5) is 28.4. The molecular formula is C25H28N6O4. The Morgan fingerprint density at radius 1 is 1.14 bits per heavy atom. The quantitative estimate of drug-likeness (QED) is 0.453. The minimum absolute atomic E-state index is 0.0304. The zero-order valence-corrected chi connectivity index (χ0v) is 19.5. The van der Waals surface area contributed by atoms with Crippen molar-refractivity contribution < 1.29 is 19.1 Å². The zero-order chi connectivity index (χ0) is 24.4. The van der Waals surface area contributed by atoms with Crippen LogP contribution in [0.4, 0.5) is 17.2 Å². The molecule has 2 amide bonds. The van der Waals surface area contributed by atoms with E-state index in [4.69, 9.17) is 15.2 Å². The largest absolute Gasteiger partial charge is 0.494 e. The second kappa shape index (κ2) is 9.75. The minimum Gasteiger partial charge on any atom is -0.494 e. The van der Waals surface area contributed by atoms with E-state index >= 15 is 0 Å². The predicted molar refractivity (Wildman–Crippen MR) is 131 cm³/mol. The summed E-state index contributed by atoms with van der Waals surface area (Å²) < 4.78 is 13.2. The van der Waals surface area contributed by atoms with Crippen molar-refractivity contribution in [2.75, 3.05) is 31.0 Å². The molecule has 1 aliphatic carbocycles. The molecule has 1 aliphatic heterocycles. The number of carbonyl (C=O) groups excluding carboxylic acids is 2. The van der Waals surface area contributed by atoms with Crippen molar-refractivity contribution in [3.8, 4) is 16.9 Å². The van der Waals surface area contributed by atoms with Crippen LogP contribution in [0.15, 0.2) is 42.9 Å². The molecule has 2 aromatic heterocycles. The number of carbonyl (C=O) groups is 2. The van der Waals surface area contributed by atoms with E-state index in [1.807, 2.05) is 35.3 Å². The van der Waals surface area contributed by atoms with Gasteiger partial charge in [0.25, 0.3) is 5.91 Å². The van der Waals surface area contributed by atoms with E-state index in [1.165, 1.54) is 6.20 Å². The molecule has 0 bridgehead atoms. The fourth-order valence-electron chi connectivity index (χ4n) is 4.25. The summed E-state index contributed by atoms with van der Waals surface area (Å²) in [5.74, 6) is 0.268. The van der Waals surface area contributed by atoms with Crippen molar-refractivity contribution in [3.63, 3.8) is 0 Å². The van der Waals surface area contributed by atoms with Gasteiger partial charge in [0.1, 0.15) is 11.6 Å². The molecule has 1 aromatic carbocycles. The van der Waals surface area contributed by atoms with Crippen LogP contribution in [0, 0.1) is 5.92 Å². The molecule has 1 saturated heterocycles. The van der Waals surface area contributed by atoms with E-state index in [9.17, 15) is 9.59 Å². The number of ether oxygens (including phenoxy) is 2. The Balaban J connectivity index is 1.45. The topological polar surface area (TPSA) is 133 Å². The molecule has 35 heavy (non-hydrogen) atoms. The van der Waals surface area contributed by atoms with Crippen LogP contribution in [0.25, 0.3) is 11.1 Å². The highest BCUT2D eigenvalue weighted by atomic mass is 16.5. The maximum absolute atomic E-state index is 12.2. The smallest absolute Gasteiger partial charge is 0.252 e. The molecule has 3 heterocycles. The maximum atomic E-state index is 12.2. The third kappa shape index (κ3) is 4.97. The van der Waals surface area contributed by atoms with Crippen molar-refractivity contribution in [2.24, 2.45) is 11.7 Å². The first kappa shape index (κ1) is 22.9. The Hall–Kier alpha value is -3.92. The fourth-order valence-corrected chi connectivity index (χ4v) is 4.25. The Labute approximate surface area is 202 Å². The van der Waals surface area contributed by atoms with Crippen molar-refractivity contribution in [2.45, 2.75) is 31.7 Å². The normalized spacial score (nSPS) is 16.0. The number of nitrogens with zero attached hydrogens (tertiary/aromatic N) is 3. The molecule has 2 aliphatic rings. The first-order valence-electron chi connectivity index (χ1n) is 11.7.